The fourth-order valence-electron chi connectivity index (χ4n) is 3.83. The Balaban J connectivity index is 1.66. The molecular weight excluding hydrogens is 476 g/mol. The molecule has 0 saturated carbocycles. The molecule has 0 saturated heterocycles. The molecule has 1 aliphatic heterocycles. The molecule has 11 heteroatoms. The molecule has 2 heterocycles. The molecule has 182 valence electrons. The molecule has 2 N–H and O–H groups in total. The van der Waals surface area contributed by atoms with E-state index in [4.69, 9.17) is 21.1 Å². The van der Waals surface area contributed by atoms with Gasteiger partial charge in [0.15, 0.2) is 16.9 Å². The fraction of sp³-hybridized carbons (Fsp3) is 0.250. The zero-order valence-corrected chi connectivity index (χ0v) is 20.1. The van der Waals surface area contributed by atoms with E-state index in [9.17, 15) is 19.2 Å². The summed E-state index contributed by atoms with van der Waals surface area (Å²) >= 11 is 6.00. The lowest BCUT2D eigenvalue weighted by Crippen LogP contribution is -2.51. The van der Waals surface area contributed by atoms with Gasteiger partial charge in [-0.3, -0.25) is 19.8 Å². The second-order valence-corrected chi connectivity index (χ2v) is 8.17. The van der Waals surface area contributed by atoms with Crippen LogP contribution in [0.1, 0.15) is 40.3 Å². The number of carbonyl (C=O) groups excluding carboxylic acids is 3. The number of benzene rings is 2. The molecule has 3 amide bonds. The molecule has 10 nitrogen and oxygen atoms in total. The summed E-state index contributed by atoms with van der Waals surface area (Å²) in [5.41, 5.74) is 2.89. The van der Waals surface area contributed by atoms with E-state index in [-0.39, 0.29) is 40.3 Å². The van der Waals surface area contributed by atoms with Crippen LogP contribution in [0.2, 0.25) is 5.02 Å². The van der Waals surface area contributed by atoms with E-state index >= 15 is 0 Å². The van der Waals surface area contributed by atoms with Gasteiger partial charge in [0.25, 0.3) is 11.8 Å². The van der Waals surface area contributed by atoms with Crippen molar-refractivity contribution in [3.8, 4) is 11.5 Å². The summed E-state index contributed by atoms with van der Waals surface area (Å²) in [6.45, 7) is 4.38. The van der Waals surface area contributed by atoms with Gasteiger partial charge in [-0.15, -0.1) is 0 Å². The number of hydrogen-bond donors (Lipinski definition) is 2. The largest absolute Gasteiger partial charge is 0.493 e. The minimum absolute atomic E-state index is 0.0553. The summed E-state index contributed by atoms with van der Waals surface area (Å²) in [5.74, 6) is -0.918. The third kappa shape index (κ3) is 4.52. The lowest BCUT2D eigenvalue weighted by molar-refractivity contribution is 0.0535. The van der Waals surface area contributed by atoms with Crippen LogP contribution < -0.4 is 20.3 Å². The number of ether oxygens (including phenoxy) is 2. The highest BCUT2D eigenvalue weighted by atomic mass is 35.5. The van der Waals surface area contributed by atoms with Gasteiger partial charge in [0.2, 0.25) is 0 Å². The number of fused-ring (bicyclic) bond motifs is 2. The van der Waals surface area contributed by atoms with Crippen LogP contribution in [0, 0.1) is 0 Å². The quantitative estimate of drug-likeness (QED) is 0.556. The topological polar surface area (TPSA) is 121 Å². The maximum absolute atomic E-state index is 13.2. The van der Waals surface area contributed by atoms with Gasteiger partial charge in [0.1, 0.15) is 5.69 Å². The first-order valence-electron chi connectivity index (χ1n) is 10.9. The average molecular weight is 499 g/mol. The maximum Gasteiger partial charge on any atom is 0.415 e. The van der Waals surface area contributed by atoms with Crippen molar-refractivity contribution in [2.45, 2.75) is 20.4 Å². The van der Waals surface area contributed by atoms with Crippen molar-refractivity contribution in [3.63, 3.8) is 0 Å². The molecule has 35 heavy (non-hydrogen) atoms. The van der Waals surface area contributed by atoms with Crippen molar-refractivity contribution < 1.29 is 23.9 Å². The van der Waals surface area contributed by atoms with Gasteiger partial charge < -0.3 is 19.4 Å². The number of carbonyl (C=O) groups is 3. The van der Waals surface area contributed by atoms with Crippen LogP contribution >= 0.6 is 11.6 Å². The van der Waals surface area contributed by atoms with Gasteiger partial charge in [-0.25, -0.2) is 9.80 Å². The first-order valence-corrected chi connectivity index (χ1v) is 11.3. The zero-order valence-electron chi connectivity index (χ0n) is 19.3. The number of nitrogens with one attached hydrogen (secondary N) is 2. The smallest absolute Gasteiger partial charge is 0.415 e. The summed E-state index contributed by atoms with van der Waals surface area (Å²) < 4.78 is 10.7. The number of hydrogen-bond acceptors (Lipinski definition) is 6. The summed E-state index contributed by atoms with van der Waals surface area (Å²) in [4.78, 5) is 55.9. The van der Waals surface area contributed by atoms with Gasteiger partial charge in [-0.2, -0.15) is 0 Å². The van der Waals surface area contributed by atoms with Crippen molar-refractivity contribution in [1.82, 2.24) is 20.3 Å². The Hall–Kier alpha value is -4.05. The first-order chi connectivity index (χ1) is 16.8. The Morgan fingerprint density at radius 2 is 1.83 bits per heavy atom. The highest BCUT2D eigenvalue weighted by Crippen LogP contribution is 2.30. The highest BCUT2D eigenvalue weighted by Gasteiger charge is 2.31. The van der Waals surface area contributed by atoms with Crippen LogP contribution in [0.4, 0.5) is 4.79 Å². The lowest BCUT2D eigenvalue weighted by atomic mass is 10.1. The molecular formula is C24H23ClN4O6. The van der Waals surface area contributed by atoms with Crippen LogP contribution in [0.15, 0.2) is 41.2 Å². The number of H-pyrrole nitrogens is 1. The summed E-state index contributed by atoms with van der Waals surface area (Å²) in [7, 11) is 1.41. The van der Waals surface area contributed by atoms with Gasteiger partial charge in [-0.05, 0) is 50.2 Å². The molecule has 0 radical (unpaired) electrons. The number of methoxy groups -OCH3 is 1. The second kappa shape index (κ2) is 9.67. The molecule has 1 aromatic heterocycles. The number of rotatable bonds is 5. The fourth-order valence-corrected chi connectivity index (χ4v) is 4.01. The molecule has 2 aromatic carbocycles. The monoisotopic (exact) mass is 498 g/mol. The third-order valence-corrected chi connectivity index (χ3v) is 5.95. The Morgan fingerprint density at radius 3 is 2.51 bits per heavy atom. The van der Waals surface area contributed by atoms with E-state index in [1.54, 1.807) is 18.2 Å². The van der Waals surface area contributed by atoms with Crippen LogP contribution in [-0.2, 0) is 6.54 Å². The predicted molar refractivity (Wildman–Crippen MR) is 129 cm³/mol. The zero-order chi connectivity index (χ0) is 25.3. The van der Waals surface area contributed by atoms with Crippen molar-refractivity contribution >= 4 is 40.4 Å². The summed E-state index contributed by atoms with van der Waals surface area (Å²) in [6.07, 6.45) is -0.586. The van der Waals surface area contributed by atoms with E-state index in [1.165, 1.54) is 30.2 Å². The average Bonchev–Trinajstić information content (AvgIpc) is 2.84. The Labute approximate surface area is 205 Å². The number of aromatic amines is 1. The number of nitrogens with zero attached hydrogens (tertiary/aromatic N) is 2. The lowest BCUT2D eigenvalue weighted by Gasteiger charge is -2.29. The van der Waals surface area contributed by atoms with Crippen molar-refractivity contribution in [1.29, 1.82) is 0 Å². The number of hydrazine groups is 1. The Morgan fingerprint density at radius 1 is 1.09 bits per heavy atom. The number of pyridine rings is 1. The van der Waals surface area contributed by atoms with E-state index in [1.807, 2.05) is 13.8 Å². The molecule has 0 atom stereocenters. The third-order valence-electron chi connectivity index (χ3n) is 5.72. The standard InChI is InChI=1S/C24H23ClN4O6/c1-4-28(5-2)24(33)35-19-10-13(6-9-18(19)34-3)23(32)29-12-16-20(22(31)27-29)26-17-11-14(25)7-8-15(17)21(16)30/h6-11H,4-5,12H2,1-3H3,(H,26,30)(H,27,31). The highest BCUT2D eigenvalue weighted by molar-refractivity contribution is 6.31. The van der Waals surface area contributed by atoms with Crippen LogP contribution in [0.25, 0.3) is 10.9 Å². The number of amides is 3. The predicted octanol–water partition coefficient (Wildman–Crippen LogP) is 3.33. The van der Waals surface area contributed by atoms with Crippen LogP contribution in [0.5, 0.6) is 11.5 Å². The molecule has 1 aliphatic rings. The van der Waals surface area contributed by atoms with E-state index in [0.29, 0.717) is 29.0 Å². The maximum atomic E-state index is 13.2. The normalized spacial score (nSPS) is 12.7. The van der Waals surface area contributed by atoms with Crippen LogP contribution in [0.3, 0.4) is 0 Å². The van der Waals surface area contributed by atoms with Crippen LogP contribution in [-0.4, -0.2) is 53.0 Å². The second-order valence-electron chi connectivity index (χ2n) is 7.74. The summed E-state index contributed by atoms with van der Waals surface area (Å²) in [6, 6.07) is 9.02. The van der Waals surface area contributed by atoms with Gasteiger partial charge in [0.05, 0.1) is 24.7 Å². The molecule has 4 rings (SSSR count). The SMILES string of the molecule is CCN(CC)C(=O)Oc1cc(C(=O)N2Cc3c([nH]c4cc(Cl)ccc4c3=O)C(=O)N2)ccc1OC. The molecule has 0 bridgehead atoms. The van der Waals surface area contributed by atoms with E-state index in [2.05, 4.69) is 10.4 Å². The Kier molecular flexibility index (Phi) is 6.65. The summed E-state index contributed by atoms with van der Waals surface area (Å²) in [5, 5.41) is 1.81. The number of aromatic nitrogens is 1. The van der Waals surface area contributed by atoms with E-state index < -0.39 is 17.9 Å². The van der Waals surface area contributed by atoms with Crippen molar-refractivity contribution in [2.24, 2.45) is 0 Å². The van der Waals surface area contributed by atoms with Gasteiger partial charge in [0, 0.05) is 29.1 Å². The first kappa shape index (κ1) is 24.1. The Bertz CT molecular complexity index is 1400. The van der Waals surface area contributed by atoms with Crippen molar-refractivity contribution in [3.05, 3.63) is 68.5 Å². The number of halogens is 1. The van der Waals surface area contributed by atoms with Gasteiger partial charge >= 0.3 is 6.09 Å². The van der Waals surface area contributed by atoms with Gasteiger partial charge in [-0.1, -0.05) is 11.6 Å². The minimum Gasteiger partial charge on any atom is -0.493 e. The molecule has 0 aliphatic carbocycles. The van der Waals surface area contributed by atoms with E-state index in [0.717, 1.165) is 5.01 Å². The van der Waals surface area contributed by atoms with Crippen molar-refractivity contribution in [2.75, 3.05) is 20.2 Å². The molecule has 3 aromatic rings. The molecule has 0 unspecified atom stereocenters. The minimum atomic E-state index is -0.639. The molecule has 0 fully saturated rings. The molecule has 0 spiro atoms.